The molecule has 4 aromatic carbocycles. The number of fused-ring (bicyclic) bond motifs is 2. The van der Waals surface area contributed by atoms with Gasteiger partial charge in [-0.1, -0.05) is 67.9 Å². The molecule has 4 aromatic rings. The first-order chi connectivity index (χ1) is 22.3. The third-order valence-electron chi connectivity index (χ3n) is 8.24. The van der Waals surface area contributed by atoms with Gasteiger partial charge in [0.1, 0.15) is 11.9 Å². The van der Waals surface area contributed by atoms with Gasteiger partial charge in [0.15, 0.2) is 11.5 Å². The summed E-state index contributed by atoms with van der Waals surface area (Å²) >= 11 is 6.13. The SMILES string of the molecule is CC(C)[C@H](NC(=O)c1ccc(F)cc1)C(=O)N1c2cc3c(cc2[C@H](NCc2ccc(Cl)cc2)[C@H]1COCc1ccccc1)OCO3. The second kappa shape index (κ2) is 13.9. The highest BCUT2D eigenvalue weighted by Gasteiger charge is 2.45. The van der Waals surface area contributed by atoms with Crippen molar-refractivity contribution in [2.24, 2.45) is 5.92 Å². The summed E-state index contributed by atoms with van der Waals surface area (Å²) in [5.74, 6) is -0.339. The van der Waals surface area contributed by atoms with Gasteiger partial charge in [0.2, 0.25) is 12.7 Å². The number of nitrogens with zero attached hydrogens (tertiary/aromatic N) is 1. The van der Waals surface area contributed by atoms with Crippen LogP contribution < -0.4 is 25.0 Å². The first-order valence-electron chi connectivity index (χ1n) is 15.2. The summed E-state index contributed by atoms with van der Waals surface area (Å²) in [6.07, 6.45) is 0. The van der Waals surface area contributed by atoms with E-state index in [1.807, 2.05) is 80.6 Å². The van der Waals surface area contributed by atoms with E-state index in [9.17, 15) is 14.0 Å². The van der Waals surface area contributed by atoms with Crippen molar-refractivity contribution in [2.75, 3.05) is 18.3 Å². The minimum Gasteiger partial charge on any atom is -0.454 e. The fourth-order valence-electron chi connectivity index (χ4n) is 5.83. The Morgan fingerprint density at radius 2 is 1.65 bits per heavy atom. The van der Waals surface area contributed by atoms with Gasteiger partial charge in [-0.2, -0.15) is 0 Å². The molecule has 2 aliphatic rings. The third kappa shape index (κ3) is 6.87. The maximum atomic E-state index is 14.7. The zero-order valence-electron chi connectivity index (χ0n) is 25.5. The number of nitrogens with one attached hydrogen (secondary N) is 2. The maximum absolute atomic E-state index is 14.7. The van der Waals surface area contributed by atoms with Crippen molar-refractivity contribution in [3.63, 3.8) is 0 Å². The van der Waals surface area contributed by atoms with E-state index >= 15 is 0 Å². The highest BCUT2D eigenvalue weighted by molar-refractivity contribution is 6.30. The van der Waals surface area contributed by atoms with E-state index in [1.165, 1.54) is 24.3 Å². The molecule has 0 unspecified atom stereocenters. The Balaban J connectivity index is 1.34. The van der Waals surface area contributed by atoms with Gasteiger partial charge >= 0.3 is 0 Å². The molecule has 2 amide bonds. The average molecular weight is 644 g/mol. The molecule has 0 spiro atoms. The fraction of sp³-hybridized carbons (Fsp3) is 0.278. The molecular weight excluding hydrogens is 609 g/mol. The van der Waals surface area contributed by atoms with Crippen LogP contribution in [0.15, 0.2) is 91.0 Å². The molecule has 2 aliphatic heterocycles. The van der Waals surface area contributed by atoms with Crippen LogP contribution in [0.25, 0.3) is 0 Å². The number of benzene rings is 4. The molecular formula is C36H35ClFN3O5. The normalized spacial score (nSPS) is 17.2. The molecule has 0 bridgehead atoms. The van der Waals surface area contributed by atoms with Crippen LogP contribution in [-0.2, 0) is 22.7 Å². The van der Waals surface area contributed by atoms with Crippen LogP contribution in [0, 0.1) is 11.7 Å². The Morgan fingerprint density at radius 1 is 0.957 bits per heavy atom. The number of rotatable bonds is 11. The van der Waals surface area contributed by atoms with E-state index in [4.69, 9.17) is 25.8 Å². The number of hydrogen-bond acceptors (Lipinski definition) is 6. The van der Waals surface area contributed by atoms with Crippen molar-refractivity contribution in [3.8, 4) is 11.5 Å². The third-order valence-corrected chi connectivity index (χ3v) is 8.49. The summed E-state index contributed by atoms with van der Waals surface area (Å²) in [5, 5.41) is 7.21. The summed E-state index contributed by atoms with van der Waals surface area (Å²) in [4.78, 5) is 29.6. The molecule has 2 heterocycles. The van der Waals surface area contributed by atoms with Gasteiger partial charge in [0, 0.05) is 23.2 Å². The summed E-state index contributed by atoms with van der Waals surface area (Å²) in [5.41, 5.74) is 3.79. The van der Waals surface area contributed by atoms with E-state index in [0.717, 1.165) is 16.7 Å². The van der Waals surface area contributed by atoms with Gasteiger partial charge in [-0.3, -0.25) is 9.59 Å². The smallest absolute Gasteiger partial charge is 0.251 e. The first kappa shape index (κ1) is 31.5. The van der Waals surface area contributed by atoms with Crippen LogP contribution in [0.3, 0.4) is 0 Å². The Morgan fingerprint density at radius 3 is 2.35 bits per heavy atom. The van der Waals surface area contributed by atoms with Crippen LogP contribution in [-0.4, -0.2) is 37.3 Å². The molecule has 0 aromatic heterocycles. The first-order valence-corrected chi connectivity index (χ1v) is 15.6. The number of ether oxygens (including phenoxy) is 3. The Labute approximate surface area is 272 Å². The zero-order chi connectivity index (χ0) is 32.2. The topological polar surface area (TPSA) is 89.1 Å². The quantitative estimate of drug-likeness (QED) is 0.196. The van der Waals surface area contributed by atoms with E-state index in [0.29, 0.717) is 35.4 Å². The maximum Gasteiger partial charge on any atom is 0.251 e. The lowest BCUT2D eigenvalue weighted by Crippen LogP contribution is -2.55. The van der Waals surface area contributed by atoms with Crippen molar-refractivity contribution in [3.05, 3.63) is 124 Å². The lowest BCUT2D eigenvalue weighted by molar-refractivity contribution is -0.122. The molecule has 2 N–H and O–H groups in total. The van der Waals surface area contributed by atoms with Crippen molar-refractivity contribution in [1.29, 1.82) is 0 Å². The standard InChI is InChI=1S/C36H35ClFN3O5/c1-22(2)33(40-35(42)25-10-14-27(38)15-11-25)36(43)41-29-17-32-31(45-21-46-32)16-28(29)34(39-18-23-8-12-26(37)13-9-23)30(41)20-44-19-24-6-4-3-5-7-24/h3-17,22,30,33-34,39H,18-21H2,1-2H3,(H,40,42)/t30-,33+,34+/m1/s1. The lowest BCUT2D eigenvalue weighted by atomic mass is 10.0. The van der Waals surface area contributed by atoms with Gasteiger partial charge in [0.25, 0.3) is 5.91 Å². The summed E-state index contributed by atoms with van der Waals surface area (Å²) in [7, 11) is 0. The van der Waals surface area contributed by atoms with E-state index < -0.39 is 23.8 Å². The van der Waals surface area contributed by atoms with Gasteiger partial charge in [-0.05, 0) is 65.1 Å². The van der Waals surface area contributed by atoms with Crippen molar-refractivity contribution in [1.82, 2.24) is 10.6 Å². The minimum absolute atomic E-state index is 0.0843. The van der Waals surface area contributed by atoms with Gasteiger partial charge in [-0.15, -0.1) is 0 Å². The van der Waals surface area contributed by atoms with Crippen LogP contribution in [0.5, 0.6) is 11.5 Å². The monoisotopic (exact) mass is 643 g/mol. The number of carbonyl (C=O) groups excluding carboxylic acids is 2. The fourth-order valence-corrected chi connectivity index (χ4v) is 5.96. The molecule has 10 heteroatoms. The molecule has 3 atom stereocenters. The number of halogens is 2. The predicted molar refractivity (Wildman–Crippen MR) is 173 cm³/mol. The van der Waals surface area contributed by atoms with Crippen LogP contribution in [0.4, 0.5) is 10.1 Å². The molecule has 0 radical (unpaired) electrons. The van der Waals surface area contributed by atoms with Crippen LogP contribution in [0.2, 0.25) is 5.02 Å². The number of carbonyl (C=O) groups is 2. The van der Waals surface area contributed by atoms with Crippen molar-refractivity contribution >= 4 is 29.1 Å². The van der Waals surface area contributed by atoms with Gasteiger partial charge < -0.3 is 29.7 Å². The van der Waals surface area contributed by atoms with E-state index in [1.54, 1.807) is 4.90 Å². The Hall–Kier alpha value is -4.44. The van der Waals surface area contributed by atoms with Gasteiger partial charge in [0.05, 0.1) is 31.0 Å². The molecule has 0 saturated carbocycles. The van der Waals surface area contributed by atoms with Crippen molar-refractivity contribution in [2.45, 2.75) is 45.1 Å². The minimum atomic E-state index is -0.887. The second-order valence-electron chi connectivity index (χ2n) is 11.7. The Bertz CT molecular complexity index is 1680. The largest absolute Gasteiger partial charge is 0.454 e. The lowest BCUT2D eigenvalue weighted by Gasteiger charge is -2.33. The predicted octanol–water partition coefficient (Wildman–Crippen LogP) is 6.43. The molecule has 238 valence electrons. The molecule has 0 aliphatic carbocycles. The Kier molecular flexibility index (Phi) is 9.53. The summed E-state index contributed by atoms with van der Waals surface area (Å²) < 4.78 is 31.3. The number of amides is 2. The molecule has 46 heavy (non-hydrogen) atoms. The summed E-state index contributed by atoms with van der Waals surface area (Å²) in [6, 6.07) is 24.7. The second-order valence-corrected chi connectivity index (χ2v) is 12.2. The molecule has 0 saturated heterocycles. The highest BCUT2D eigenvalue weighted by Crippen LogP contribution is 2.47. The molecule has 8 nitrogen and oxygen atoms in total. The van der Waals surface area contributed by atoms with Crippen molar-refractivity contribution < 1.29 is 28.2 Å². The highest BCUT2D eigenvalue weighted by atomic mass is 35.5. The number of anilines is 1. The van der Waals surface area contributed by atoms with E-state index in [2.05, 4.69) is 10.6 Å². The van der Waals surface area contributed by atoms with Crippen LogP contribution in [0.1, 0.15) is 46.9 Å². The summed E-state index contributed by atoms with van der Waals surface area (Å²) in [6.45, 7) is 4.90. The van der Waals surface area contributed by atoms with E-state index in [-0.39, 0.29) is 36.8 Å². The van der Waals surface area contributed by atoms with Crippen LogP contribution >= 0.6 is 11.6 Å². The van der Waals surface area contributed by atoms with Gasteiger partial charge in [-0.25, -0.2) is 4.39 Å². The average Bonchev–Trinajstić information content (AvgIpc) is 3.64. The molecule has 6 rings (SSSR count). The zero-order valence-corrected chi connectivity index (χ0v) is 26.3. The molecule has 0 fully saturated rings. The number of hydrogen-bond donors (Lipinski definition) is 2.